The van der Waals surface area contributed by atoms with E-state index < -0.39 is 28.7 Å². The van der Waals surface area contributed by atoms with Crippen LogP contribution in [-0.4, -0.2) is 40.7 Å². The zero-order valence-corrected chi connectivity index (χ0v) is 16.0. The van der Waals surface area contributed by atoms with Gasteiger partial charge in [0.15, 0.2) is 0 Å². The molecule has 0 radical (unpaired) electrons. The highest BCUT2D eigenvalue weighted by atomic mass is 16.6. The molecule has 1 heterocycles. The molecule has 0 aromatic heterocycles. The molecule has 1 saturated carbocycles. The van der Waals surface area contributed by atoms with Crippen LogP contribution in [0.4, 0.5) is 11.4 Å². The third-order valence-electron chi connectivity index (χ3n) is 6.21. The van der Waals surface area contributed by atoms with Gasteiger partial charge < -0.3 is 10.1 Å². The summed E-state index contributed by atoms with van der Waals surface area (Å²) in [5, 5.41) is 13.6. The number of carbonyl (C=O) groups is 3. The van der Waals surface area contributed by atoms with Gasteiger partial charge >= 0.3 is 0 Å². The van der Waals surface area contributed by atoms with Crippen LogP contribution >= 0.6 is 0 Å². The van der Waals surface area contributed by atoms with Crippen LogP contribution in [0.1, 0.15) is 19.8 Å². The maximum Gasteiger partial charge on any atom is 0.271 e. The van der Waals surface area contributed by atoms with Gasteiger partial charge in [-0.2, -0.15) is 0 Å². The van der Waals surface area contributed by atoms with Crippen LogP contribution in [0.2, 0.25) is 0 Å². The standard InChI is InChI=1S/C20H21N3O6/c1-10(18(24)21-14-9-13(23(27)28)7-8-15(14)29-2)22-19(25)16-11-3-4-12(6-5-11)17(16)20(22)26/h3-4,7-12,16-17H,5-6H2,1-2H3,(H,21,24)/t10-,11-,12-,16-,17-/m0/s1. The average molecular weight is 399 g/mol. The Bertz CT molecular complexity index is 910. The van der Waals surface area contributed by atoms with Crippen molar-refractivity contribution in [2.45, 2.75) is 25.8 Å². The number of allylic oxidation sites excluding steroid dienone is 2. The molecular weight excluding hydrogens is 378 g/mol. The van der Waals surface area contributed by atoms with Crippen molar-refractivity contribution in [3.8, 4) is 5.75 Å². The summed E-state index contributed by atoms with van der Waals surface area (Å²) in [7, 11) is 1.38. The summed E-state index contributed by atoms with van der Waals surface area (Å²) in [6.07, 6.45) is 5.78. The lowest BCUT2D eigenvalue weighted by Crippen LogP contribution is -2.46. The first-order chi connectivity index (χ1) is 13.8. The number of nitrogens with zero attached hydrogens (tertiary/aromatic N) is 2. The SMILES string of the molecule is COc1ccc([N+](=O)[O-])cc1NC(=O)[C@H](C)N1C(=O)[C@@H]2[C@@H](C1=O)[C@H]1C=C[C@H]2CC1. The fraction of sp³-hybridized carbons (Fsp3) is 0.450. The van der Waals surface area contributed by atoms with Crippen LogP contribution < -0.4 is 10.1 Å². The number of imide groups is 1. The minimum atomic E-state index is -1.04. The van der Waals surface area contributed by atoms with E-state index in [-0.39, 0.29) is 40.8 Å². The Morgan fingerprint density at radius 2 is 1.79 bits per heavy atom. The quantitative estimate of drug-likeness (QED) is 0.351. The minimum Gasteiger partial charge on any atom is -0.495 e. The van der Waals surface area contributed by atoms with Crippen molar-refractivity contribution >= 4 is 29.1 Å². The molecule has 9 heteroatoms. The summed E-state index contributed by atoms with van der Waals surface area (Å²) in [5.41, 5.74) is -0.104. The summed E-state index contributed by atoms with van der Waals surface area (Å²) < 4.78 is 5.15. The number of carbonyl (C=O) groups excluding carboxylic acids is 3. The second kappa shape index (κ2) is 6.98. The smallest absolute Gasteiger partial charge is 0.271 e. The number of nitro benzene ring substituents is 1. The van der Waals surface area contributed by atoms with E-state index >= 15 is 0 Å². The van der Waals surface area contributed by atoms with Crippen molar-refractivity contribution in [3.05, 3.63) is 40.5 Å². The van der Waals surface area contributed by atoms with Gasteiger partial charge in [-0.15, -0.1) is 0 Å². The molecule has 1 aromatic rings. The third kappa shape index (κ3) is 2.97. The molecule has 5 rings (SSSR count). The van der Waals surface area contributed by atoms with Crippen LogP contribution in [0.15, 0.2) is 30.4 Å². The summed E-state index contributed by atoms with van der Waals surface area (Å²) in [6, 6.07) is 2.78. The lowest BCUT2D eigenvalue weighted by atomic mass is 9.63. The van der Waals surface area contributed by atoms with Gasteiger partial charge in [-0.05, 0) is 37.7 Å². The van der Waals surface area contributed by atoms with Gasteiger partial charge in [-0.1, -0.05) is 12.2 Å². The van der Waals surface area contributed by atoms with Crippen LogP contribution in [0.25, 0.3) is 0 Å². The minimum absolute atomic E-state index is 0.0404. The fourth-order valence-electron chi connectivity index (χ4n) is 4.74. The van der Waals surface area contributed by atoms with Crippen LogP contribution in [0.5, 0.6) is 5.75 Å². The second-order valence-electron chi connectivity index (χ2n) is 7.69. The number of nitrogens with one attached hydrogen (secondary N) is 1. The van der Waals surface area contributed by atoms with E-state index in [2.05, 4.69) is 5.32 Å². The van der Waals surface area contributed by atoms with Gasteiger partial charge in [0.2, 0.25) is 17.7 Å². The number of benzene rings is 1. The molecule has 4 aliphatic rings. The Hall–Kier alpha value is -3.23. The van der Waals surface area contributed by atoms with Crippen LogP contribution in [0.3, 0.4) is 0 Å². The third-order valence-corrected chi connectivity index (χ3v) is 6.21. The maximum atomic E-state index is 13.0. The first kappa shape index (κ1) is 19.1. The largest absolute Gasteiger partial charge is 0.495 e. The lowest BCUT2D eigenvalue weighted by Gasteiger charge is -2.38. The Kier molecular flexibility index (Phi) is 4.60. The van der Waals surface area contributed by atoms with E-state index in [1.165, 1.54) is 32.2 Å². The summed E-state index contributed by atoms with van der Waals surface area (Å²) in [6.45, 7) is 1.49. The predicted octanol–water partition coefficient (Wildman–Crippen LogP) is 2.13. The van der Waals surface area contributed by atoms with Gasteiger partial charge in [0.25, 0.3) is 5.69 Å². The molecule has 1 aliphatic heterocycles. The molecule has 1 aromatic carbocycles. The molecule has 2 fully saturated rings. The first-order valence-electron chi connectivity index (χ1n) is 9.52. The van der Waals surface area contributed by atoms with Crippen molar-refractivity contribution < 1.29 is 24.0 Å². The average Bonchev–Trinajstić information content (AvgIpc) is 3.00. The molecule has 152 valence electrons. The number of nitro groups is 1. The molecule has 2 bridgehead atoms. The van der Waals surface area contributed by atoms with E-state index in [1.807, 2.05) is 12.2 Å². The Balaban J connectivity index is 1.56. The molecule has 1 N–H and O–H groups in total. The number of likely N-dealkylation sites (tertiary alicyclic amines) is 1. The second-order valence-corrected chi connectivity index (χ2v) is 7.69. The molecule has 0 unspecified atom stereocenters. The summed E-state index contributed by atoms with van der Waals surface area (Å²) in [4.78, 5) is 50.3. The van der Waals surface area contributed by atoms with Gasteiger partial charge in [0, 0.05) is 12.1 Å². The molecule has 3 aliphatic carbocycles. The van der Waals surface area contributed by atoms with Crippen molar-refractivity contribution in [2.75, 3.05) is 12.4 Å². The molecular formula is C20H21N3O6. The van der Waals surface area contributed by atoms with E-state index in [0.717, 1.165) is 17.7 Å². The first-order valence-corrected chi connectivity index (χ1v) is 9.52. The molecule has 29 heavy (non-hydrogen) atoms. The number of methoxy groups -OCH3 is 1. The zero-order valence-electron chi connectivity index (χ0n) is 16.0. The van der Waals surface area contributed by atoms with Crippen molar-refractivity contribution in [3.63, 3.8) is 0 Å². The number of anilines is 1. The van der Waals surface area contributed by atoms with Gasteiger partial charge in [-0.25, -0.2) is 0 Å². The highest BCUT2D eigenvalue weighted by Crippen LogP contribution is 2.50. The number of non-ortho nitro benzene ring substituents is 1. The Labute approximate surface area is 166 Å². The summed E-state index contributed by atoms with van der Waals surface area (Å²) in [5.74, 6) is -1.70. The molecule has 0 spiro atoms. The zero-order chi connectivity index (χ0) is 20.9. The number of fused-ring (bicyclic) bond motifs is 1. The van der Waals surface area contributed by atoms with E-state index in [9.17, 15) is 24.5 Å². The normalized spacial score (nSPS) is 28.3. The number of hydrogen-bond donors (Lipinski definition) is 1. The maximum absolute atomic E-state index is 13.0. The van der Waals surface area contributed by atoms with E-state index in [1.54, 1.807) is 0 Å². The van der Waals surface area contributed by atoms with Crippen LogP contribution in [0, 0.1) is 33.8 Å². The molecule has 5 atom stereocenters. The van der Waals surface area contributed by atoms with Crippen LogP contribution in [-0.2, 0) is 14.4 Å². The van der Waals surface area contributed by atoms with E-state index in [4.69, 9.17) is 4.74 Å². The van der Waals surface area contributed by atoms with Crippen molar-refractivity contribution in [2.24, 2.45) is 23.7 Å². The van der Waals surface area contributed by atoms with Crippen molar-refractivity contribution in [1.29, 1.82) is 0 Å². The summed E-state index contributed by atoms with van der Waals surface area (Å²) >= 11 is 0. The molecule has 1 saturated heterocycles. The fourth-order valence-corrected chi connectivity index (χ4v) is 4.74. The Morgan fingerprint density at radius 3 is 2.28 bits per heavy atom. The highest BCUT2D eigenvalue weighted by Gasteiger charge is 2.58. The molecule has 9 nitrogen and oxygen atoms in total. The number of ether oxygens (including phenoxy) is 1. The van der Waals surface area contributed by atoms with Gasteiger partial charge in [0.1, 0.15) is 11.8 Å². The molecule has 3 amide bonds. The monoisotopic (exact) mass is 399 g/mol. The van der Waals surface area contributed by atoms with Gasteiger partial charge in [-0.3, -0.25) is 29.4 Å². The predicted molar refractivity (Wildman–Crippen MR) is 102 cm³/mol. The number of amides is 3. The van der Waals surface area contributed by atoms with Gasteiger partial charge in [0.05, 0.1) is 29.6 Å². The topological polar surface area (TPSA) is 119 Å². The van der Waals surface area contributed by atoms with Crippen molar-refractivity contribution in [1.82, 2.24) is 4.90 Å². The number of hydrogen-bond acceptors (Lipinski definition) is 6. The highest BCUT2D eigenvalue weighted by molar-refractivity contribution is 6.10. The van der Waals surface area contributed by atoms with E-state index in [0.29, 0.717) is 0 Å². The number of rotatable bonds is 5. The lowest BCUT2D eigenvalue weighted by molar-refractivity contribution is -0.384. The Morgan fingerprint density at radius 1 is 1.21 bits per heavy atom.